The highest BCUT2D eigenvalue weighted by Crippen LogP contribution is 2.22. The number of carbonyl (C=O) groups excluding carboxylic acids is 2. The quantitative estimate of drug-likeness (QED) is 0.754. The third kappa shape index (κ3) is 2.58. The Morgan fingerprint density at radius 3 is 2.86 bits per heavy atom. The number of nitrogens with zero attached hydrogens (tertiary/aromatic N) is 2. The predicted octanol–water partition coefficient (Wildman–Crippen LogP) is 0.120. The van der Waals surface area contributed by atoms with Crippen LogP contribution in [-0.4, -0.2) is 54.0 Å². The van der Waals surface area contributed by atoms with E-state index in [1.165, 1.54) is 6.08 Å². The average molecular weight is 301 g/mol. The molecule has 0 bridgehead atoms. The summed E-state index contributed by atoms with van der Waals surface area (Å²) < 4.78 is 5.45. The lowest BCUT2D eigenvalue weighted by Crippen LogP contribution is -2.34. The minimum Gasteiger partial charge on any atom is -0.475 e. The van der Waals surface area contributed by atoms with Gasteiger partial charge in [0.1, 0.15) is 12.3 Å². The fourth-order valence-corrected chi connectivity index (χ4v) is 2.33. The zero-order valence-corrected chi connectivity index (χ0v) is 11.8. The molecule has 7 nitrogen and oxygen atoms in total. The molecule has 0 aliphatic carbocycles. The topological polar surface area (TPSA) is 91.2 Å². The number of aliphatic imine (C=N–C) groups is 1. The highest BCUT2D eigenvalue weighted by molar-refractivity contribution is 6.17. The van der Waals surface area contributed by atoms with Crippen LogP contribution in [0.5, 0.6) is 0 Å². The van der Waals surface area contributed by atoms with E-state index in [-0.39, 0.29) is 18.8 Å². The summed E-state index contributed by atoms with van der Waals surface area (Å²) in [6, 6.07) is 7.28. The maximum Gasteiger partial charge on any atom is 0.277 e. The van der Waals surface area contributed by atoms with Gasteiger partial charge in [-0.1, -0.05) is 12.1 Å². The number of imide groups is 1. The third-order valence-electron chi connectivity index (χ3n) is 3.35. The van der Waals surface area contributed by atoms with Crippen molar-refractivity contribution in [2.45, 2.75) is 0 Å². The molecule has 2 aliphatic rings. The van der Waals surface area contributed by atoms with Crippen molar-refractivity contribution in [3.05, 3.63) is 41.6 Å². The van der Waals surface area contributed by atoms with E-state index in [1.807, 2.05) is 18.2 Å². The van der Waals surface area contributed by atoms with Crippen LogP contribution >= 0.6 is 0 Å². The molecule has 0 radical (unpaired) electrons. The zero-order valence-electron chi connectivity index (χ0n) is 11.8. The number of carbonyl (C=O) groups is 2. The van der Waals surface area contributed by atoms with Gasteiger partial charge in [0.15, 0.2) is 0 Å². The van der Waals surface area contributed by atoms with E-state index in [9.17, 15) is 9.59 Å². The lowest BCUT2D eigenvalue weighted by atomic mass is 10.1. The van der Waals surface area contributed by atoms with Crippen LogP contribution in [0.4, 0.5) is 5.69 Å². The Hall–Kier alpha value is -2.67. The number of para-hydroxylation sites is 1. The molecule has 0 spiro atoms. The van der Waals surface area contributed by atoms with E-state index in [2.05, 4.69) is 10.3 Å². The van der Waals surface area contributed by atoms with Crippen molar-refractivity contribution in [3.63, 3.8) is 0 Å². The zero-order chi connectivity index (χ0) is 15.5. The number of amides is 2. The molecule has 0 aromatic heterocycles. The molecule has 3 rings (SSSR count). The van der Waals surface area contributed by atoms with Gasteiger partial charge in [-0.15, -0.1) is 0 Å². The van der Waals surface area contributed by atoms with Gasteiger partial charge in [0.25, 0.3) is 11.8 Å². The second-order valence-corrected chi connectivity index (χ2v) is 4.78. The summed E-state index contributed by atoms with van der Waals surface area (Å²) in [7, 11) is 0. The molecule has 0 atom stereocenters. The first-order valence-electron chi connectivity index (χ1n) is 6.93. The van der Waals surface area contributed by atoms with Crippen molar-refractivity contribution in [3.8, 4) is 0 Å². The van der Waals surface area contributed by atoms with Crippen molar-refractivity contribution in [1.29, 1.82) is 0 Å². The highest BCUT2D eigenvalue weighted by Gasteiger charge is 2.31. The molecule has 114 valence electrons. The molecule has 2 heterocycles. The molecule has 0 fully saturated rings. The lowest BCUT2D eigenvalue weighted by molar-refractivity contribution is -0.137. The Balaban J connectivity index is 1.84. The molecule has 2 amide bonds. The first kappa shape index (κ1) is 14.3. The van der Waals surface area contributed by atoms with E-state index < -0.39 is 11.8 Å². The Bertz CT molecular complexity index is 681. The van der Waals surface area contributed by atoms with Gasteiger partial charge in [-0.05, 0) is 12.1 Å². The van der Waals surface area contributed by atoms with Crippen LogP contribution in [-0.2, 0) is 14.3 Å². The van der Waals surface area contributed by atoms with E-state index >= 15 is 0 Å². The number of rotatable bonds is 5. The molecule has 1 aromatic carbocycles. The van der Waals surface area contributed by atoms with Gasteiger partial charge in [-0.2, -0.15) is 0 Å². The van der Waals surface area contributed by atoms with Gasteiger partial charge in [0, 0.05) is 6.08 Å². The van der Waals surface area contributed by atoms with Crippen molar-refractivity contribution in [1.82, 2.24) is 4.90 Å². The van der Waals surface area contributed by atoms with Crippen LogP contribution in [0.15, 0.2) is 41.0 Å². The minimum atomic E-state index is -0.455. The molecule has 1 aromatic rings. The molecule has 2 aliphatic heterocycles. The molecular formula is C15H15N3O4. The smallest absolute Gasteiger partial charge is 0.277 e. The van der Waals surface area contributed by atoms with Gasteiger partial charge in [-0.25, -0.2) is 4.99 Å². The minimum absolute atomic E-state index is 0.0171. The van der Waals surface area contributed by atoms with E-state index in [1.54, 1.807) is 6.07 Å². The van der Waals surface area contributed by atoms with Gasteiger partial charge in [-0.3, -0.25) is 14.5 Å². The number of anilines is 1. The van der Waals surface area contributed by atoms with Gasteiger partial charge < -0.3 is 15.2 Å². The monoisotopic (exact) mass is 301 g/mol. The van der Waals surface area contributed by atoms with Gasteiger partial charge >= 0.3 is 0 Å². The molecule has 0 saturated carbocycles. The number of benzene rings is 1. The molecular weight excluding hydrogens is 286 g/mol. The standard InChI is InChI=1S/C15H15N3O4/c19-7-6-18-13(20)9-12(15(18)21)17-11-4-2-1-3-10(11)14-16-5-8-22-14/h1-4,9,17,19H,5-8H2. The number of aliphatic hydroxyl groups excluding tert-OH is 1. The van der Waals surface area contributed by atoms with Crippen LogP contribution in [0, 0.1) is 0 Å². The normalized spacial score (nSPS) is 17.4. The highest BCUT2D eigenvalue weighted by atomic mass is 16.5. The number of aliphatic hydroxyl groups is 1. The van der Waals surface area contributed by atoms with Gasteiger partial charge in [0.05, 0.1) is 30.9 Å². The van der Waals surface area contributed by atoms with Crippen molar-refractivity contribution in [2.75, 3.05) is 31.6 Å². The summed E-state index contributed by atoms with van der Waals surface area (Å²) in [5.41, 5.74) is 1.55. The fourth-order valence-electron chi connectivity index (χ4n) is 2.33. The Morgan fingerprint density at radius 2 is 2.14 bits per heavy atom. The molecule has 22 heavy (non-hydrogen) atoms. The fraction of sp³-hybridized carbons (Fsp3) is 0.267. The number of β-amino-alcohol motifs (C(OH)–C–C–N with tert-alkyl or cyclic N) is 1. The SMILES string of the molecule is O=C1C=C(Nc2ccccc2C2=NCCO2)C(=O)N1CCO. The van der Waals surface area contributed by atoms with Crippen LogP contribution in [0.3, 0.4) is 0 Å². The number of hydrogen-bond acceptors (Lipinski definition) is 6. The molecule has 2 N–H and O–H groups in total. The summed E-state index contributed by atoms with van der Waals surface area (Å²) in [5, 5.41) is 11.9. The summed E-state index contributed by atoms with van der Waals surface area (Å²) in [5.74, 6) is -0.371. The van der Waals surface area contributed by atoms with Crippen LogP contribution in [0.1, 0.15) is 5.56 Å². The van der Waals surface area contributed by atoms with E-state index in [0.717, 1.165) is 10.5 Å². The average Bonchev–Trinajstić information content (AvgIpc) is 3.13. The van der Waals surface area contributed by atoms with Crippen LogP contribution in [0.25, 0.3) is 0 Å². The molecule has 0 unspecified atom stereocenters. The Morgan fingerprint density at radius 1 is 1.32 bits per heavy atom. The first-order chi connectivity index (χ1) is 10.7. The van der Waals surface area contributed by atoms with Crippen LogP contribution < -0.4 is 5.32 Å². The summed E-state index contributed by atoms with van der Waals surface area (Å²) in [6.45, 7) is 0.860. The van der Waals surface area contributed by atoms with E-state index in [4.69, 9.17) is 9.84 Å². The first-order valence-corrected chi connectivity index (χ1v) is 6.93. The largest absolute Gasteiger partial charge is 0.475 e. The van der Waals surface area contributed by atoms with Gasteiger partial charge in [0.2, 0.25) is 5.90 Å². The Kier molecular flexibility index (Phi) is 3.88. The summed E-state index contributed by atoms with van der Waals surface area (Å²) >= 11 is 0. The van der Waals surface area contributed by atoms with Crippen molar-refractivity contribution in [2.24, 2.45) is 4.99 Å². The molecule has 0 saturated heterocycles. The third-order valence-corrected chi connectivity index (χ3v) is 3.35. The molecule has 7 heteroatoms. The van der Waals surface area contributed by atoms with E-state index in [0.29, 0.717) is 24.7 Å². The summed E-state index contributed by atoms with van der Waals surface area (Å²) in [6.07, 6.45) is 1.23. The number of nitrogens with one attached hydrogen (secondary N) is 1. The van der Waals surface area contributed by atoms with Crippen LogP contribution in [0.2, 0.25) is 0 Å². The number of hydrogen-bond donors (Lipinski definition) is 2. The Labute approximate surface area is 126 Å². The predicted molar refractivity (Wildman–Crippen MR) is 79.3 cm³/mol. The second-order valence-electron chi connectivity index (χ2n) is 4.78. The van der Waals surface area contributed by atoms with Crippen molar-refractivity contribution < 1.29 is 19.4 Å². The maximum absolute atomic E-state index is 12.1. The second kappa shape index (κ2) is 5.98. The lowest BCUT2D eigenvalue weighted by Gasteiger charge is -2.15. The number of ether oxygens (including phenoxy) is 1. The maximum atomic E-state index is 12.1. The van der Waals surface area contributed by atoms with Crippen molar-refractivity contribution >= 4 is 23.4 Å². The summed E-state index contributed by atoms with van der Waals surface area (Å²) in [4.78, 5) is 29.1.